The Morgan fingerprint density at radius 1 is 1.32 bits per heavy atom. The van der Waals surface area contributed by atoms with Crippen molar-refractivity contribution in [2.75, 3.05) is 13.7 Å². The summed E-state index contributed by atoms with van der Waals surface area (Å²) >= 11 is 0. The van der Waals surface area contributed by atoms with Crippen LogP contribution in [0.15, 0.2) is 54.6 Å². The molecule has 0 spiro atoms. The number of carbonyl (C=O) groups is 1. The molecule has 0 amide bonds. The van der Waals surface area contributed by atoms with Crippen LogP contribution < -0.4 is 5.32 Å². The van der Waals surface area contributed by atoms with E-state index in [1.54, 1.807) is 30.3 Å². The molecule has 132 valence electrons. The van der Waals surface area contributed by atoms with Gasteiger partial charge in [0.15, 0.2) is 5.76 Å². The minimum absolute atomic E-state index is 0.190. The highest BCUT2D eigenvalue weighted by molar-refractivity contribution is 6.49. The molecule has 2 aromatic rings. The molecule has 1 aromatic heterocycles. The zero-order valence-electron chi connectivity index (χ0n) is 13.2. The average molecular weight is 352 g/mol. The summed E-state index contributed by atoms with van der Waals surface area (Å²) in [5.41, 5.74) is 0.372. The first kappa shape index (κ1) is 18.2. The first-order valence-electron chi connectivity index (χ1n) is 7.11. The van der Waals surface area contributed by atoms with Crippen molar-refractivity contribution < 1.29 is 22.7 Å². The quantitative estimate of drug-likeness (QED) is 0.456. The smallest absolute Gasteiger partial charge is 0.405 e. The third-order valence-corrected chi connectivity index (χ3v) is 3.11. The number of halogens is 3. The van der Waals surface area contributed by atoms with Crippen molar-refractivity contribution in [3.05, 3.63) is 60.2 Å². The Labute approximate surface area is 141 Å². The van der Waals surface area contributed by atoms with Gasteiger partial charge in [-0.15, -0.1) is 0 Å². The molecule has 0 aliphatic carbocycles. The van der Waals surface area contributed by atoms with Crippen LogP contribution in [0.25, 0.3) is 5.69 Å². The molecule has 0 fully saturated rings. The lowest BCUT2D eigenvalue weighted by Crippen LogP contribution is -2.27. The summed E-state index contributed by atoms with van der Waals surface area (Å²) in [6, 6.07) is 10.3. The van der Waals surface area contributed by atoms with Crippen molar-refractivity contribution in [1.82, 2.24) is 15.1 Å². The fraction of sp³-hybridized carbons (Fsp3) is 0.188. The van der Waals surface area contributed by atoms with Crippen LogP contribution in [-0.2, 0) is 9.53 Å². The molecular formula is C16H15F3N4O2. The zero-order chi connectivity index (χ0) is 18.4. The molecular weight excluding hydrogens is 337 g/mol. The monoisotopic (exact) mass is 352 g/mol. The average Bonchev–Trinajstić information content (AvgIpc) is 3.07. The number of para-hydroxylation sites is 1. The van der Waals surface area contributed by atoms with Gasteiger partial charge in [0.2, 0.25) is 5.78 Å². The van der Waals surface area contributed by atoms with Gasteiger partial charge in [0, 0.05) is 6.20 Å². The van der Waals surface area contributed by atoms with Gasteiger partial charge >= 0.3 is 6.18 Å². The number of hydrogen-bond acceptors (Lipinski definition) is 5. The number of ether oxygens (including phenoxy) is 1. The van der Waals surface area contributed by atoms with E-state index in [2.05, 4.69) is 5.10 Å². The Kier molecular flexibility index (Phi) is 5.58. The van der Waals surface area contributed by atoms with Gasteiger partial charge in [-0.3, -0.25) is 10.2 Å². The first-order valence-corrected chi connectivity index (χ1v) is 7.11. The van der Waals surface area contributed by atoms with Gasteiger partial charge in [0.1, 0.15) is 12.3 Å². The van der Waals surface area contributed by atoms with E-state index in [1.165, 1.54) is 16.9 Å². The van der Waals surface area contributed by atoms with Gasteiger partial charge in [-0.1, -0.05) is 18.2 Å². The van der Waals surface area contributed by atoms with Gasteiger partial charge in [-0.25, -0.2) is 4.68 Å². The molecule has 0 radical (unpaired) electrons. The van der Waals surface area contributed by atoms with Crippen LogP contribution in [0.3, 0.4) is 0 Å². The Morgan fingerprint density at radius 3 is 2.60 bits per heavy atom. The lowest BCUT2D eigenvalue weighted by Gasteiger charge is -2.11. The number of ketones is 1. The molecule has 0 aliphatic rings. The largest absolute Gasteiger partial charge is 0.491 e. The number of aromatic nitrogens is 2. The summed E-state index contributed by atoms with van der Waals surface area (Å²) in [5, 5.41) is 14.1. The van der Waals surface area contributed by atoms with E-state index in [0.717, 1.165) is 13.3 Å². The van der Waals surface area contributed by atoms with Crippen LogP contribution >= 0.6 is 0 Å². The Hall–Kier alpha value is -3.10. The SMILES string of the molecule is CO/C(=C/NCC(F)(F)F)C(=O)C(=N)c1ccnn1-c1ccccc1. The molecule has 0 unspecified atom stereocenters. The number of hydrogen-bond donors (Lipinski definition) is 2. The van der Waals surface area contributed by atoms with Gasteiger partial charge in [0.25, 0.3) is 0 Å². The molecule has 1 aromatic carbocycles. The van der Waals surface area contributed by atoms with Crippen molar-refractivity contribution in [1.29, 1.82) is 5.41 Å². The van der Waals surface area contributed by atoms with Crippen molar-refractivity contribution in [3.8, 4) is 5.69 Å². The van der Waals surface area contributed by atoms with Crippen LogP contribution in [0, 0.1) is 5.41 Å². The number of allylic oxidation sites excluding steroid dienone is 1. The Morgan fingerprint density at radius 2 is 2.00 bits per heavy atom. The molecule has 0 saturated carbocycles. The molecule has 2 N–H and O–H groups in total. The second kappa shape index (κ2) is 7.65. The molecule has 25 heavy (non-hydrogen) atoms. The number of alkyl halides is 3. The normalized spacial score (nSPS) is 11.9. The predicted molar refractivity (Wildman–Crippen MR) is 84.5 cm³/mol. The van der Waals surface area contributed by atoms with E-state index < -0.39 is 30.0 Å². The minimum atomic E-state index is -4.43. The van der Waals surface area contributed by atoms with Gasteiger partial charge in [0.05, 0.1) is 24.7 Å². The molecule has 1 heterocycles. The highest BCUT2D eigenvalue weighted by Gasteiger charge is 2.27. The van der Waals surface area contributed by atoms with Crippen LogP contribution in [-0.4, -0.2) is 41.1 Å². The van der Waals surface area contributed by atoms with E-state index in [1.807, 2.05) is 5.32 Å². The number of methoxy groups -OCH3 is 1. The number of Topliss-reactive ketones (excluding diaryl/α,β-unsaturated/α-hetero) is 1. The van der Waals surface area contributed by atoms with E-state index in [9.17, 15) is 18.0 Å². The second-order valence-electron chi connectivity index (χ2n) is 4.88. The molecule has 2 rings (SSSR count). The molecule has 0 atom stereocenters. The van der Waals surface area contributed by atoms with Crippen LogP contribution in [0.2, 0.25) is 0 Å². The first-order chi connectivity index (χ1) is 11.8. The number of benzene rings is 1. The number of rotatable bonds is 7. The lowest BCUT2D eigenvalue weighted by atomic mass is 10.1. The summed E-state index contributed by atoms with van der Waals surface area (Å²) in [5.74, 6) is -1.27. The number of carbonyl (C=O) groups excluding carboxylic acids is 1. The van der Waals surface area contributed by atoms with E-state index in [4.69, 9.17) is 10.1 Å². The molecule has 9 heteroatoms. The van der Waals surface area contributed by atoms with Crippen molar-refractivity contribution in [2.24, 2.45) is 0 Å². The molecule has 6 nitrogen and oxygen atoms in total. The maximum Gasteiger partial charge on any atom is 0.405 e. The minimum Gasteiger partial charge on any atom is -0.491 e. The van der Waals surface area contributed by atoms with Gasteiger partial charge in [-0.05, 0) is 18.2 Å². The highest BCUT2D eigenvalue weighted by Crippen LogP contribution is 2.14. The number of nitrogens with one attached hydrogen (secondary N) is 2. The van der Waals surface area contributed by atoms with Gasteiger partial charge < -0.3 is 10.1 Å². The maximum absolute atomic E-state index is 12.3. The zero-order valence-corrected chi connectivity index (χ0v) is 13.2. The topological polar surface area (TPSA) is 80.0 Å². The molecule has 0 aliphatic heterocycles. The van der Waals surface area contributed by atoms with Crippen molar-refractivity contribution in [3.63, 3.8) is 0 Å². The van der Waals surface area contributed by atoms with Crippen molar-refractivity contribution >= 4 is 11.5 Å². The lowest BCUT2D eigenvalue weighted by molar-refractivity contribution is -0.123. The second-order valence-corrected chi connectivity index (χ2v) is 4.88. The van der Waals surface area contributed by atoms with E-state index in [0.29, 0.717) is 5.69 Å². The third-order valence-electron chi connectivity index (χ3n) is 3.11. The number of nitrogens with zero attached hydrogens (tertiary/aromatic N) is 2. The van der Waals surface area contributed by atoms with Crippen LogP contribution in [0.1, 0.15) is 5.69 Å². The van der Waals surface area contributed by atoms with E-state index in [-0.39, 0.29) is 5.69 Å². The van der Waals surface area contributed by atoms with Crippen LogP contribution in [0.4, 0.5) is 13.2 Å². The highest BCUT2D eigenvalue weighted by atomic mass is 19.4. The van der Waals surface area contributed by atoms with Gasteiger partial charge in [-0.2, -0.15) is 18.3 Å². The van der Waals surface area contributed by atoms with Crippen molar-refractivity contribution in [2.45, 2.75) is 6.18 Å². The summed E-state index contributed by atoms with van der Waals surface area (Å²) in [4.78, 5) is 12.3. The maximum atomic E-state index is 12.3. The van der Waals surface area contributed by atoms with Crippen LogP contribution in [0.5, 0.6) is 0 Å². The standard InChI is InChI=1S/C16H15F3N4O2/c1-25-13(9-21-10-16(17,18)19)15(24)14(20)12-7-8-22-23(12)11-5-3-2-4-6-11/h2-9,20-21H,10H2,1H3/b13-9+,20-14?. The summed E-state index contributed by atoms with van der Waals surface area (Å²) in [7, 11) is 1.14. The Balaban J connectivity index is 2.21. The predicted octanol–water partition coefficient (Wildman–Crippen LogP) is 2.45. The third kappa shape index (κ3) is 4.69. The fourth-order valence-electron chi connectivity index (χ4n) is 1.98. The summed E-state index contributed by atoms with van der Waals surface area (Å²) < 4.78 is 42.7. The summed E-state index contributed by atoms with van der Waals surface area (Å²) in [6.07, 6.45) is -2.21. The fourth-order valence-corrected chi connectivity index (χ4v) is 1.98. The van der Waals surface area contributed by atoms with E-state index >= 15 is 0 Å². The Bertz CT molecular complexity index is 782. The molecule has 0 bridgehead atoms. The molecule has 0 saturated heterocycles. The summed E-state index contributed by atoms with van der Waals surface area (Å²) in [6.45, 7) is -1.32.